The molecule has 78 valence electrons. The van der Waals surface area contributed by atoms with Gasteiger partial charge in [0.25, 0.3) is 0 Å². The Balaban J connectivity index is 2.42. The molecule has 1 saturated heterocycles. The van der Waals surface area contributed by atoms with Gasteiger partial charge in [-0.05, 0) is 20.8 Å². The van der Waals surface area contributed by atoms with Gasteiger partial charge in [0.1, 0.15) is 0 Å². The number of methoxy groups -OCH3 is 1. The van der Waals surface area contributed by atoms with Gasteiger partial charge in [0.2, 0.25) is 0 Å². The van der Waals surface area contributed by atoms with Crippen molar-refractivity contribution in [3.63, 3.8) is 0 Å². The number of hydrogen-bond acceptors (Lipinski definition) is 3. The molecule has 1 aliphatic rings. The van der Waals surface area contributed by atoms with Crippen molar-refractivity contribution in [3.05, 3.63) is 0 Å². The van der Waals surface area contributed by atoms with Crippen molar-refractivity contribution in [2.75, 3.05) is 33.3 Å². The van der Waals surface area contributed by atoms with Crippen molar-refractivity contribution in [3.8, 4) is 0 Å². The van der Waals surface area contributed by atoms with E-state index >= 15 is 0 Å². The van der Waals surface area contributed by atoms with Gasteiger partial charge in [-0.3, -0.25) is 4.90 Å². The number of nitrogens with one attached hydrogen (secondary N) is 1. The van der Waals surface area contributed by atoms with Gasteiger partial charge in [-0.2, -0.15) is 0 Å². The lowest BCUT2D eigenvalue weighted by atomic mass is 10.1. The van der Waals surface area contributed by atoms with Crippen LogP contribution in [0.25, 0.3) is 0 Å². The van der Waals surface area contributed by atoms with Crippen LogP contribution in [0.4, 0.5) is 0 Å². The van der Waals surface area contributed by atoms with Crippen LogP contribution in [0.15, 0.2) is 0 Å². The summed E-state index contributed by atoms with van der Waals surface area (Å²) in [7, 11) is 1.78. The molecule has 3 nitrogen and oxygen atoms in total. The zero-order valence-corrected chi connectivity index (χ0v) is 9.26. The molecule has 1 rings (SSSR count). The highest BCUT2D eigenvalue weighted by Gasteiger charge is 2.25. The summed E-state index contributed by atoms with van der Waals surface area (Å²) in [5.41, 5.74) is -0.0222. The molecule has 1 aliphatic heterocycles. The minimum atomic E-state index is -0.0222. The van der Waals surface area contributed by atoms with Crippen molar-refractivity contribution >= 4 is 0 Å². The van der Waals surface area contributed by atoms with Crippen LogP contribution in [0, 0.1) is 0 Å². The Bertz CT molecular complexity index is 159. The minimum absolute atomic E-state index is 0.0222. The second-order valence-corrected chi connectivity index (χ2v) is 4.49. The van der Waals surface area contributed by atoms with Crippen LogP contribution in [-0.2, 0) is 4.74 Å². The fourth-order valence-corrected chi connectivity index (χ4v) is 1.67. The molecule has 0 aromatic heterocycles. The van der Waals surface area contributed by atoms with Crippen molar-refractivity contribution in [1.82, 2.24) is 10.2 Å². The van der Waals surface area contributed by atoms with Crippen LogP contribution in [0.1, 0.15) is 20.8 Å². The van der Waals surface area contributed by atoms with Crippen molar-refractivity contribution < 1.29 is 4.74 Å². The van der Waals surface area contributed by atoms with E-state index in [1.807, 2.05) is 0 Å². The van der Waals surface area contributed by atoms with Gasteiger partial charge < -0.3 is 10.1 Å². The molecule has 0 spiro atoms. The maximum atomic E-state index is 5.43. The van der Waals surface area contributed by atoms with E-state index in [2.05, 4.69) is 31.0 Å². The van der Waals surface area contributed by atoms with E-state index in [0.29, 0.717) is 6.04 Å². The summed E-state index contributed by atoms with van der Waals surface area (Å²) >= 11 is 0. The normalized spacial score (nSPS) is 26.3. The lowest BCUT2D eigenvalue weighted by molar-refractivity contribution is -0.0199. The lowest BCUT2D eigenvalue weighted by Gasteiger charge is -2.38. The molecule has 1 fully saturated rings. The first-order chi connectivity index (χ1) is 6.05. The number of rotatable bonds is 3. The lowest BCUT2D eigenvalue weighted by Crippen LogP contribution is -2.54. The first-order valence-electron chi connectivity index (χ1n) is 5.05. The third-order valence-corrected chi connectivity index (χ3v) is 2.78. The summed E-state index contributed by atoms with van der Waals surface area (Å²) in [5, 5.41) is 3.39. The molecular formula is C10H22N2O. The summed E-state index contributed by atoms with van der Waals surface area (Å²) in [6, 6.07) is 0.628. The molecule has 13 heavy (non-hydrogen) atoms. The second-order valence-electron chi connectivity index (χ2n) is 4.49. The van der Waals surface area contributed by atoms with E-state index in [1.165, 1.54) is 0 Å². The molecule has 0 aliphatic carbocycles. The third-order valence-electron chi connectivity index (χ3n) is 2.78. The van der Waals surface area contributed by atoms with Gasteiger partial charge in [-0.25, -0.2) is 0 Å². The van der Waals surface area contributed by atoms with Gasteiger partial charge in [0.15, 0.2) is 0 Å². The van der Waals surface area contributed by atoms with Gasteiger partial charge in [0, 0.05) is 39.3 Å². The first kappa shape index (κ1) is 11.0. The van der Waals surface area contributed by atoms with Crippen LogP contribution in [-0.4, -0.2) is 49.8 Å². The van der Waals surface area contributed by atoms with E-state index in [-0.39, 0.29) is 5.60 Å². The van der Waals surface area contributed by atoms with Gasteiger partial charge >= 0.3 is 0 Å². The zero-order chi connectivity index (χ0) is 9.90. The van der Waals surface area contributed by atoms with Crippen LogP contribution in [0.5, 0.6) is 0 Å². The number of ether oxygens (including phenoxy) is 1. The molecule has 1 atom stereocenters. The first-order valence-corrected chi connectivity index (χ1v) is 5.05. The van der Waals surface area contributed by atoms with Crippen LogP contribution >= 0.6 is 0 Å². The third kappa shape index (κ3) is 3.25. The van der Waals surface area contributed by atoms with Gasteiger partial charge in [0.05, 0.1) is 5.60 Å². The summed E-state index contributed by atoms with van der Waals surface area (Å²) < 4.78 is 5.43. The Labute approximate surface area is 81.4 Å². The topological polar surface area (TPSA) is 24.5 Å². The largest absolute Gasteiger partial charge is 0.377 e. The molecule has 0 aromatic carbocycles. The van der Waals surface area contributed by atoms with Crippen LogP contribution < -0.4 is 5.32 Å². The molecule has 0 amide bonds. The average molecular weight is 186 g/mol. The summed E-state index contributed by atoms with van der Waals surface area (Å²) in [6.45, 7) is 10.9. The zero-order valence-electron chi connectivity index (χ0n) is 9.26. The Morgan fingerprint density at radius 3 is 2.77 bits per heavy atom. The Kier molecular flexibility index (Phi) is 3.71. The Morgan fingerprint density at radius 1 is 1.54 bits per heavy atom. The predicted molar refractivity (Wildman–Crippen MR) is 55.0 cm³/mol. The molecule has 1 N–H and O–H groups in total. The number of hydrogen-bond donors (Lipinski definition) is 1. The molecule has 3 heteroatoms. The van der Waals surface area contributed by atoms with E-state index in [4.69, 9.17) is 4.74 Å². The quantitative estimate of drug-likeness (QED) is 0.702. The second kappa shape index (κ2) is 4.40. The minimum Gasteiger partial charge on any atom is -0.377 e. The maximum Gasteiger partial charge on any atom is 0.0749 e. The van der Waals surface area contributed by atoms with Crippen molar-refractivity contribution in [2.45, 2.75) is 32.4 Å². The standard InChI is InChI=1S/C10H22N2O/c1-9-7-11-5-6-12(9)8-10(2,3)13-4/h9,11H,5-8H2,1-4H3. The van der Waals surface area contributed by atoms with Crippen molar-refractivity contribution in [1.29, 1.82) is 0 Å². The summed E-state index contributed by atoms with van der Waals surface area (Å²) in [5.74, 6) is 0. The highest BCUT2D eigenvalue weighted by atomic mass is 16.5. The molecule has 1 unspecified atom stereocenters. The fraction of sp³-hybridized carbons (Fsp3) is 1.00. The van der Waals surface area contributed by atoms with Crippen LogP contribution in [0.2, 0.25) is 0 Å². The smallest absolute Gasteiger partial charge is 0.0749 e. The van der Waals surface area contributed by atoms with Crippen LogP contribution in [0.3, 0.4) is 0 Å². The number of piperazine rings is 1. The molecule has 0 radical (unpaired) electrons. The van der Waals surface area contributed by atoms with Gasteiger partial charge in [-0.1, -0.05) is 0 Å². The monoisotopic (exact) mass is 186 g/mol. The van der Waals surface area contributed by atoms with E-state index in [9.17, 15) is 0 Å². The summed E-state index contributed by atoms with van der Waals surface area (Å²) in [4.78, 5) is 2.49. The Morgan fingerprint density at radius 2 is 2.23 bits per heavy atom. The highest BCUT2D eigenvalue weighted by molar-refractivity contribution is 4.82. The molecule has 0 saturated carbocycles. The van der Waals surface area contributed by atoms with Crippen molar-refractivity contribution in [2.24, 2.45) is 0 Å². The highest BCUT2D eigenvalue weighted by Crippen LogP contribution is 2.13. The predicted octanol–water partition coefficient (Wildman–Crippen LogP) is 0.705. The Hall–Kier alpha value is -0.120. The molecule has 1 heterocycles. The molecular weight excluding hydrogens is 164 g/mol. The van der Waals surface area contributed by atoms with E-state index in [1.54, 1.807) is 7.11 Å². The summed E-state index contributed by atoms with van der Waals surface area (Å²) in [6.07, 6.45) is 0. The van der Waals surface area contributed by atoms with Gasteiger partial charge in [-0.15, -0.1) is 0 Å². The van der Waals surface area contributed by atoms with E-state index < -0.39 is 0 Å². The number of nitrogens with zero attached hydrogens (tertiary/aromatic N) is 1. The average Bonchev–Trinajstić information content (AvgIpc) is 2.09. The maximum absolute atomic E-state index is 5.43. The molecule has 0 aromatic rings. The van der Waals surface area contributed by atoms with E-state index in [0.717, 1.165) is 26.2 Å². The fourth-order valence-electron chi connectivity index (χ4n) is 1.67. The SMILES string of the molecule is COC(C)(C)CN1CCNCC1C. The molecule has 0 bridgehead atoms.